The predicted molar refractivity (Wildman–Crippen MR) is 444 cm³/mol. The van der Waals surface area contributed by atoms with Crippen LogP contribution in [0.15, 0.2) is 194 Å². The summed E-state index contributed by atoms with van der Waals surface area (Å²) in [7, 11) is -9.84. The van der Waals surface area contributed by atoms with E-state index in [1.807, 2.05) is 18.2 Å². The highest BCUT2D eigenvalue weighted by Gasteiger charge is 2.29. The number of hydrogen-bond donors (Lipinski definition) is 4. The predicted octanol–water partition coefficient (Wildman–Crippen LogP) is 24.3. The van der Waals surface area contributed by atoms with Crippen molar-refractivity contribution in [3.8, 4) is 0 Å². The third-order valence-electron chi connectivity index (χ3n) is 16.3. The molecule has 0 aliphatic carbocycles. The minimum atomic E-state index is -4.97. The maximum atomic E-state index is 13.0. The molecule has 0 saturated heterocycles. The number of phosphoric ester groups is 2. The first-order chi connectivity index (χ1) is 52.2. The fraction of sp³-hybridized carbons (Fsp3) is 0.607. The molecule has 0 aliphatic rings. The number of phosphoric acid groups is 2. The highest BCUT2D eigenvalue weighted by Crippen LogP contribution is 2.45. The zero-order valence-electron chi connectivity index (χ0n) is 66.2. The molecular formula is C89H144O16P2. The molecule has 16 nitrogen and oxygen atoms in total. The Bertz CT molecular complexity index is 2720. The van der Waals surface area contributed by atoms with Gasteiger partial charge in [-0.1, -0.05) is 312 Å². The van der Waals surface area contributed by atoms with Crippen LogP contribution in [0.2, 0.25) is 0 Å². The summed E-state index contributed by atoms with van der Waals surface area (Å²) in [4.78, 5) is 58.7. The summed E-state index contributed by atoms with van der Waals surface area (Å²) in [5, 5.41) is 20.7. The molecule has 0 aromatic carbocycles. The Balaban J connectivity index is 4.72. The summed E-state index contributed by atoms with van der Waals surface area (Å²) in [6.45, 7) is 2.30. The van der Waals surface area contributed by atoms with Crippen LogP contribution in [-0.2, 0) is 55.8 Å². The maximum Gasteiger partial charge on any atom is 0.472 e. The minimum Gasteiger partial charge on any atom is -0.463 e. The van der Waals surface area contributed by atoms with E-state index in [0.717, 1.165) is 154 Å². The fourth-order valence-electron chi connectivity index (χ4n) is 10.2. The van der Waals surface area contributed by atoms with Crippen LogP contribution >= 0.6 is 15.6 Å². The first-order valence-electron chi connectivity index (χ1n) is 40.7. The summed E-state index contributed by atoms with van der Waals surface area (Å²) in [5.74, 6) is -1.70. The Hall–Kier alpha value is -5.61. The molecule has 0 aromatic rings. The second-order valence-corrected chi connectivity index (χ2v) is 29.4. The standard InChI is InChI=1S/C89H144O16P2/c1-4-7-10-13-16-19-22-25-28-31-34-36-38-40-41-43-45-46-49-51-54-57-60-63-66-69-72-75-87(92)99-78-84(90)79-101-106(95,96)102-80-85(91)81-103-107(97,98)104-83-86(105-89(94)77-74-71-68-65-62-59-56-53-48-33-30-27-24-21-18-15-12-9-6-3)82-100-88(93)76-73-70-67-64-61-58-55-52-50-47-44-42-39-37-35-32-29-26-23-20-17-14-11-8-5-2/h7,9-10,12,16-21,25-30,34-37,40-42,44-46,48,53,59,62,68,71,84-86,90-91H,4-6,8,11,13-15,22-24,31-33,38-39,43,47,49-52,54-58,60-61,63-67,69-70,72-83H2,1-3H3,(H,95,96)(H,97,98)/b10-7-,12-9-,19-16-,20-17-,21-18-,28-25-,29-26-,30-27-,36-34-,37-35-,41-40-,44-42-,46-45-,53-48-,62-59-,71-68-. The van der Waals surface area contributed by atoms with Crippen LogP contribution < -0.4 is 0 Å². The van der Waals surface area contributed by atoms with Gasteiger partial charge in [-0.25, -0.2) is 9.13 Å². The quantitative estimate of drug-likeness (QED) is 0.0146. The van der Waals surface area contributed by atoms with E-state index in [9.17, 15) is 43.5 Å². The first kappa shape index (κ1) is 101. The molecule has 0 bridgehead atoms. The monoisotopic (exact) mass is 1530 g/mol. The van der Waals surface area contributed by atoms with Crippen molar-refractivity contribution in [1.82, 2.24) is 0 Å². The smallest absolute Gasteiger partial charge is 0.463 e. The highest BCUT2D eigenvalue weighted by molar-refractivity contribution is 7.47. The van der Waals surface area contributed by atoms with E-state index >= 15 is 0 Å². The molecule has 0 heterocycles. The molecular weight excluding hydrogens is 1390 g/mol. The lowest BCUT2D eigenvalue weighted by atomic mass is 10.1. The van der Waals surface area contributed by atoms with Crippen LogP contribution in [0.25, 0.3) is 0 Å². The molecule has 606 valence electrons. The van der Waals surface area contributed by atoms with Crippen LogP contribution in [0.1, 0.15) is 290 Å². The van der Waals surface area contributed by atoms with Crippen molar-refractivity contribution in [3.05, 3.63) is 194 Å². The number of unbranched alkanes of at least 4 members (excludes halogenated alkanes) is 20. The van der Waals surface area contributed by atoms with Crippen molar-refractivity contribution in [2.75, 3.05) is 39.6 Å². The zero-order valence-corrected chi connectivity index (χ0v) is 68.0. The van der Waals surface area contributed by atoms with Crippen molar-refractivity contribution in [1.29, 1.82) is 0 Å². The molecule has 18 heteroatoms. The second kappa shape index (κ2) is 79.9. The summed E-state index contributed by atoms with van der Waals surface area (Å²) in [6.07, 6.45) is 105. The Labute approximate surface area is 648 Å². The van der Waals surface area contributed by atoms with Gasteiger partial charge < -0.3 is 34.2 Å². The highest BCUT2D eigenvalue weighted by atomic mass is 31.2. The molecule has 0 rings (SSSR count). The Morgan fingerprint density at radius 2 is 0.514 bits per heavy atom. The number of aliphatic hydroxyl groups is 2. The molecule has 0 aliphatic heterocycles. The van der Waals surface area contributed by atoms with Gasteiger partial charge in [0.1, 0.15) is 25.4 Å². The summed E-state index contributed by atoms with van der Waals surface area (Å²) < 4.78 is 61.1. The number of rotatable bonds is 75. The normalized spacial score (nSPS) is 14.9. The lowest BCUT2D eigenvalue weighted by molar-refractivity contribution is -0.161. The van der Waals surface area contributed by atoms with Crippen LogP contribution in [0, 0.1) is 0 Å². The average molecular weight is 1530 g/mol. The van der Waals surface area contributed by atoms with E-state index in [1.54, 1.807) is 0 Å². The van der Waals surface area contributed by atoms with E-state index in [4.69, 9.17) is 32.3 Å². The van der Waals surface area contributed by atoms with Gasteiger partial charge in [-0.2, -0.15) is 0 Å². The van der Waals surface area contributed by atoms with Crippen molar-refractivity contribution >= 4 is 33.6 Å². The Kier molecular flexibility index (Phi) is 75.7. The number of carbonyl (C=O) groups excluding carboxylic acids is 3. The SMILES string of the molecule is CC/C=C\C/C=C\C/C=C\C/C=C\C/C=C\C/C=C\CCCCCCCCCCC(=O)OCC(O)COP(=O)(O)OCC(O)COP(=O)(O)OCC(COC(=O)CCCCCCCCCCC/C=C\C/C=C\C/C=C\C/C=C\CCCCC)OC(=O)CC/C=C\C/C=C\C/C=C\C/C=C\C/C=C\C/C=C\CC. The molecule has 0 spiro atoms. The third-order valence-corrected chi connectivity index (χ3v) is 18.2. The molecule has 5 atom stereocenters. The molecule has 5 unspecified atom stereocenters. The van der Waals surface area contributed by atoms with Crippen LogP contribution in [0.4, 0.5) is 0 Å². The molecule has 0 amide bonds. The minimum absolute atomic E-state index is 0.0294. The Morgan fingerprint density at radius 1 is 0.271 bits per heavy atom. The van der Waals surface area contributed by atoms with Crippen LogP contribution in [0.5, 0.6) is 0 Å². The fourth-order valence-corrected chi connectivity index (χ4v) is 11.8. The van der Waals surface area contributed by atoms with E-state index in [2.05, 4.69) is 197 Å². The van der Waals surface area contributed by atoms with Gasteiger partial charge in [-0.3, -0.25) is 32.5 Å². The molecule has 0 fully saturated rings. The molecule has 107 heavy (non-hydrogen) atoms. The van der Waals surface area contributed by atoms with Gasteiger partial charge >= 0.3 is 33.6 Å². The van der Waals surface area contributed by atoms with E-state index < -0.39 is 91.5 Å². The summed E-state index contributed by atoms with van der Waals surface area (Å²) in [6, 6.07) is 0. The van der Waals surface area contributed by atoms with Gasteiger partial charge in [-0.15, -0.1) is 0 Å². The Morgan fingerprint density at radius 3 is 0.822 bits per heavy atom. The second-order valence-electron chi connectivity index (χ2n) is 26.5. The van der Waals surface area contributed by atoms with Crippen molar-refractivity contribution in [2.45, 2.75) is 309 Å². The van der Waals surface area contributed by atoms with Crippen molar-refractivity contribution in [2.24, 2.45) is 0 Å². The number of ether oxygens (including phenoxy) is 3. The number of hydrogen-bond acceptors (Lipinski definition) is 14. The van der Waals surface area contributed by atoms with E-state index in [1.165, 1.54) is 70.6 Å². The number of carbonyl (C=O) groups is 3. The van der Waals surface area contributed by atoms with Gasteiger partial charge in [0.05, 0.1) is 26.4 Å². The third kappa shape index (κ3) is 81.2. The van der Waals surface area contributed by atoms with Crippen LogP contribution in [0.3, 0.4) is 0 Å². The number of esters is 3. The number of allylic oxidation sites excluding steroid dienone is 32. The zero-order chi connectivity index (χ0) is 78.0. The lowest BCUT2D eigenvalue weighted by Crippen LogP contribution is -2.29. The summed E-state index contributed by atoms with van der Waals surface area (Å²) in [5.41, 5.74) is 0. The molecule has 0 aromatic heterocycles. The van der Waals surface area contributed by atoms with Gasteiger partial charge in [-0.05, 0) is 154 Å². The first-order valence-corrected chi connectivity index (χ1v) is 43.7. The van der Waals surface area contributed by atoms with Crippen LogP contribution in [-0.4, -0.2) is 95.9 Å². The van der Waals surface area contributed by atoms with E-state index in [-0.39, 0.29) is 19.3 Å². The van der Waals surface area contributed by atoms with Gasteiger partial charge in [0, 0.05) is 19.3 Å². The van der Waals surface area contributed by atoms with E-state index in [0.29, 0.717) is 25.7 Å². The lowest BCUT2D eigenvalue weighted by Gasteiger charge is -2.21. The topological polar surface area (TPSA) is 231 Å². The summed E-state index contributed by atoms with van der Waals surface area (Å²) >= 11 is 0. The number of aliphatic hydroxyl groups excluding tert-OH is 2. The van der Waals surface area contributed by atoms with Crippen molar-refractivity contribution < 1.29 is 75.8 Å². The van der Waals surface area contributed by atoms with Crippen molar-refractivity contribution in [3.63, 3.8) is 0 Å². The maximum absolute atomic E-state index is 13.0. The van der Waals surface area contributed by atoms with Gasteiger partial charge in [0.25, 0.3) is 0 Å². The van der Waals surface area contributed by atoms with Gasteiger partial charge in [0.2, 0.25) is 0 Å². The largest absolute Gasteiger partial charge is 0.472 e. The average Bonchev–Trinajstić information content (AvgIpc) is 0.903. The molecule has 0 radical (unpaired) electrons. The molecule has 4 N–H and O–H groups in total. The molecule has 0 saturated carbocycles. The van der Waals surface area contributed by atoms with Gasteiger partial charge in [0.15, 0.2) is 6.10 Å².